The van der Waals surface area contributed by atoms with Crippen LogP contribution in [0, 0.1) is 29.2 Å². The number of alkyl halides is 2. The van der Waals surface area contributed by atoms with Crippen LogP contribution in [0.2, 0.25) is 0 Å². The standard InChI is InChI=1S/C35H25F9O2/c1-2-19-3-5-20(6-4-19)21-7-9-22(10-8-21)23-11-13-26(28(36)15-23)24-12-14-27(29(37)16-24)35(43,44)46-25-17-30(38)32(31(39)18-25)45-34(42)33(40)41/h2,7-20H,1,3-6H2. The third kappa shape index (κ3) is 7.08. The van der Waals surface area contributed by atoms with Crippen molar-refractivity contribution in [2.75, 3.05) is 0 Å². The van der Waals surface area contributed by atoms with Gasteiger partial charge in [-0.25, -0.2) is 17.6 Å². The number of ether oxygens (including phenoxy) is 2. The Hall–Kier alpha value is -4.67. The Kier molecular flexibility index (Phi) is 9.50. The number of hydrogen-bond donors (Lipinski definition) is 0. The molecule has 1 fully saturated rings. The first-order valence-corrected chi connectivity index (χ1v) is 14.1. The summed E-state index contributed by atoms with van der Waals surface area (Å²) in [5.41, 5.74) is 1.04. The highest BCUT2D eigenvalue weighted by molar-refractivity contribution is 5.71. The average Bonchev–Trinajstić information content (AvgIpc) is 3.02. The van der Waals surface area contributed by atoms with E-state index in [0.29, 0.717) is 29.5 Å². The van der Waals surface area contributed by atoms with Gasteiger partial charge in [0, 0.05) is 17.7 Å². The fourth-order valence-electron chi connectivity index (χ4n) is 5.51. The summed E-state index contributed by atoms with van der Waals surface area (Å²) in [5.74, 6) is -7.77. The van der Waals surface area contributed by atoms with Gasteiger partial charge in [0.2, 0.25) is 5.75 Å². The van der Waals surface area contributed by atoms with Crippen molar-refractivity contribution in [2.45, 2.75) is 37.7 Å². The molecular formula is C35H25F9O2. The molecule has 2 nitrogen and oxygen atoms in total. The van der Waals surface area contributed by atoms with Crippen LogP contribution in [0.4, 0.5) is 39.5 Å². The third-order valence-electron chi connectivity index (χ3n) is 7.94. The van der Waals surface area contributed by atoms with Gasteiger partial charge < -0.3 is 9.47 Å². The van der Waals surface area contributed by atoms with Crippen molar-refractivity contribution in [3.8, 4) is 33.8 Å². The van der Waals surface area contributed by atoms with E-state index >= 15 is 4.39 Å². The molecule has 0 aromatic heterocycles. The van der Waals surface area contributed by atoms with Crippen molar-refractivity contribution in [3.05, 3.63) is 132 Å². The van der Waals surface area contributed by atoms with Gasteiger partial charge in [0.15, 0.2) is 11.6 Å². The molecule has 0 saturated heterocycles. The Balaban J connectivity index is 1.31. The van der Waals surface area contributed by atoms with E-state index in [-0.39, 0.29) is 23.3 Å². The van der Waals surface area contributed by atoms with Crippen molar-refractivity contribution in [1.82, 2.24) is 0 Å². The van der Waals surface area contributed by atoms with Gasteiger partial charge in [0.25, 0.3) is 0 Å². The Morgan fingerprint density at radius 1 is 0.696 bits per heavy atom. The largest absolute Gasteiger partial charge is 0.429 e. The molecule has 11 heteroatoms. The van der Waals surface area contributed by atoms with E-state index in [0.717, 1.165) is 37.3 Å². The molecule has 1 saturated carbocycles. The van der Waals surface area contributed by atoms with Crippen LogP contribution in [-0.4, -0.2) is 0 Å². The molecular weight excluding hydrogens is 623 g/mol. The second-order valence-electron chi connectivity index (χ2n) is 10.8. The summed E-state index contributed by atoms with van der Waals surface area (Å²) in [6.45, 7) is 3.88. The highest BCUT2D eigenvalue weighted by Crippen LogP contribution is 2.39. The van der Waals surface area contributed by atoms with Crippen LogP contribution in [0.15, 0.2) is 97.5 Å². The summed E-state index contributed by atoms with van der Waals surface area (Å²) in [5, 5.41) is 0. The van der Waals surface area contributed by atoms with Crippen LogP contribution in [0.3, 0.4) is 0 Å². The van der Waals surface area contributed by atoms with Crippen LogP contribution in [0.5, 0.6) is 11.5 Å². The molecule has 1 aliphatic carbocycles. The zero-order valence-corrected chi connectivity index (χ0v) is 23.9. The molecule has 4 aromatic carbocycles. The molecule has 0 atom stereocenters. The van der Waals surface area contributed by atoms with E-state index in [1.807, 2.05) is 30.3 Å². The molecule has 0 radical (unpaired) electrons. The Bertz CT molecular complexity index is 1750. The van der Waals surface area contributed by atoms with E-state index in [1.54, 1.807) is 6.07 Å². The van der Waals surface area contributed by atoms with Gasteiger partial charge in [-0.3, -0.25) is 0 Å². The predicted octanol–water partition coefficient (Wildman–Crippen LogP) is 11.6. The van der Waals surface area contributed by atoms with Crippen LogP contribution in [-0.2, 0) is 6.11 Å². The number of rotatable bonds is 9. The van der Waals surface area contributed by atoms with Crippen LogP contribution in [0.1, 0.15) is 42.7 Å². The van der Waals surface area contributed by atoms with E-state index in [9.17, 15) is 35.1 Å². The molecule has 0 bridgehead atoms. The van der Waals surface area contributed by atoms with Gasteiger partial charge in [-0.1, -0.05) is 48.5 Å². The van der Waals surface area contributed by atoms with Gasteiger partial charge in [0.05, 0.1) is 5.56 Å². The van der Waals surface area contributed by atoms with Gasteiger partial charge in [-0.2, -0.15) is 22.0 Å². The number of allylic oxidation sites excluding steroid dienone is 1. The van der Waals surface area contributed by atoms with Crippen LogP contribution < -0.4 is 9.47 Å². The minimum Gasteiger partial charge on any atom is -0.429 e. The Morgan fingerprint density at radius 3 is 1.85 bits per heavy atom. The van der Waals surface area contributed by atoms with Crippen LogP contribution in [0.25, 0.3) is 22.3 Å². The quantitative estimate of drug-likeness (QED) is 0.102. The zero-order chi connectivity index (χ0) is 33.2. The second kappa shape index (κ2) is 13.4. The summed E-state index contributed by atoms with van der Waals surface area (Å²) in [6, 6.07) is 12.0. The Morgan fingerprint density at radius 2 is 1.28 bits per heavy atom. The van der Waals surface area contributed by atoms with E-state index in [1.165, 1.54) is 17.7 Å². The highest BCUT2D eigenvalue weighted by atomic mass is 19.3. The molecule has 46 heavy (non-hydrogen) atoms. The summed E-state index contributed by atoms with van der Waals surface area (Å²) >= 11 is 0. The summed E-state index contributed by atoms with van der Waals surface area (Å²) in [7, 11) is 0. The normalized spacial score (nSPS) is 16.5. The number of benzene rings is 4. The van der Waals surface area contributed by atoms with Crippen molar-refractivity contribution in [3.63, 3.8) is 0 Å². The van der Waals surface area contributed by atoms with Gasteiger partial charge >= 0.3 is 18.2 Å². The highest BCUT2D eigenvalue weighted by Gasteiger charge is 2.38. The average molecular weight is 649 g/mol. The second-order valence-corrected chi connectivity index (χ2v) is 10.8. The maximum atomic E-state index is 15.2. The fraction of sp³-hybridized carbons (Fsp3) is 0.200. The van der Waals surface area contributed by atoms with E-state index < -0.39 is 58.5 Å². The molecule has 0 unspecified atom stereocenters. The lowest BCUT2D eigenvalue weighted by Crippen LogP contribution is -2.23. The molecule has 4 aromatic rings. The van der Waals surface area contributed by atoms with Crippen molar-refractivity contribution in [2.24, 2.45) is 5.92 Å². The van der Waals surface area contributed by atoms with Crippen LogP contribution >= 0.6 is 0 Å². The first kappa shape index (κ1) is 32.7. The Labute approximate surface area is 258 Å². The molecule has 1 aliphatic rings. The SMILES string of the molecule is C=CC1CCC(c2ccc(-c3ccc(-c4ccc(C(F)(F)Oc5cc(F)c(OC(F)=C(F)F)c(F)c5)c(F)c4)c(F)c3)cc2)CC1. The molecule has 5 rings (SSSR count). The summed E-state index contributed by atoms with van der Waals surface area (Å²) < 4.78 is 133. The van der Waals surface area contributed by atoms with E-state index in [4.69, 9.17) is 0 Å². The first-order chi connectivity index (χ1) is 21.9. The topological polar surface area (TPSA) is 18.5 Å². The molecule has 0 aliphatic heterocycles. The van der Waals surface area contributed by atoms with Gasteiger partial charge in [0.1, 0.15) is 17.4 Å². The number of hydrogen-bond acceptors (Lipinski definition) is 2. The minimum atomic E-state index is -4.50. The summed E-state index contributed by atoms with van der Waals surface area (Å²) in [6.07, 6.45) is -1.19. The fourth-order valence-corrected chi connectivity index (χ4v) is 5.51. The lowest BCUT2D eigenvalue weighted by molar-refractivity contribution is -0.187. The van der Waals surface area contributed by atoms with Crippen molar-refractivity contribution in [1.29, 1.82) is 0 Å². The molecule has 0 amide bonds. The lowest BCUT2D eigenvalue weighted by atomic mass is 9.78. The first-order valence-electron chi connectivity index (χ1n) is 14.1. The predicted molar refractivity (Wildman–Crippen MR) is 154 cm³/mol. The monoisotopic (exact) mass is 648 g/mol. The molecule has 240 valence electrons. The van der Waals surface area contributed by atoms with Gasteiger partial charge in [-0.05, 0) is 78.0 Å². The maximum absolute atomic E-state index is 15.2. The van der Waals surface area contributed by atoms with Crippen molar-refractivity contribution >= 4 is 0 Å². The van der Waals surface area contributed by atoms with E-state index in [2.05, 4.69) is 16.1 Å². The molecule has 0 heterocycles. The smallest absolute Gasteiger partial charge is 0.429 e. The number of halogens is 9. The van der Waals surface area contributed by atoms with Crippen molar-refractivity contribution < 1.29 is 49.0 Å². The summed E-state index contributed by atoms with van der Waals surface area (Å²) in [4.78, 5) is 0. The molecule has 0 N–H and O–H groups in total. The third-order valence-corrected chi connectivity index (χ3v) is 7.94. The minimum absolute atomic E-state index is 0.0691. The molecule has 0 spiro atoms. The zero-order valence-electron chi connectivity index (χ0n) is 23.9. The lowest BCUT2D eigenvalue weighted by Gasteiger charge is -2.27. The van der Waals surface area contributed by atoms with Gasteiger partial charge in [-0.15, -0.1) is 6.58 Å². The maximum Gasteiger partial charge on any atom is 0.429 e.